The second kappa shape index (κ2) is 5.61. The quantitative estimate of drug-likeness (QED) is 0.668. The number of amides is 1. The van der Waals surface area contributed by atoms with Crippen LogP contribution in [0.5, 0.6) is 0 Å². The molecule has 0 N–H and O–H groups in total. The summed E-state index contributed by atoms with van der Waals surface area (Å²) in [5.74, 6) is 0.295. The Labute approximate surface area is 96.9 Å². The highest BCUT2D eigenvalue weighted by Crippen LogP contribution is 2.09. The van der Waals surface area contributed by atoms with Crippen LogP contribution in [0.2, 0.25) is 0 Å². The normalized spacial score (nSPS) is 23.9. The minimum atomic E-state index is 0.295. The van der Waals surface area contributed by atoms with Gasteiger partial charge in [0.15, 0.2) is 0 Å². The van der Waals surface area contributed by atoms with Crippen LogP contribution < -0.4 is 0 Å². The maximum absolute atomic E-state index is 11.9. The highest BCUT2D eigenvalue weighted by Gasteiger charge is 2.23. The molecule has 0 atom stereocenters. The molecule has 0 spiro atoms. The van der Waals surface area contributed by atoms with E-state index in [1.807, 2.05) is 9.96 Å². The lowest BCUT2D eigenvalue weighted by Crippen LogP contribution is -2.49. The molecule has 0 radical (unpaired) electrons. The number of likely N-dealkylation sites (tertiary alicyclic amines) is 1. The SMILES string of the molecule is CON1CCN(CC(=O)N2CCCC2)CC1. The van der Waals surface area contributed by atoms with E-state index in [2.05, 4.69) is 4.90 Å². The molecule has 2 saturated heterocycles. The first-order valence-electron chi connectivity index (χ1n) is 6.09. The molecule has 2 heterocycles. The predicted octanol–water partition coefficient (Wildman–Crippen LogP) is -0.212. The molecule has 0 bridgehead atoms. The molecular formula is C11H21N3O2. The van der Waals surface area contributed by atoms with Gasteiger partial charge in [-0.05, 0) is 12.8 Å². The maximum atomic E-state index is 11.9. The molecule has 2 rings (SSSR count). The van der Waals surface area contributed by atoms with Crippen LogP contribution in [0.15, 0.2) is 0 Å². The van der Waals surface area contributed by atoms with E-state index in [0.29, 0.717) is 12.5 Å². The number of nitrogens with zero attached hydrogens (tertiary/aromatic N) is 3. The molecule has 0 unspecified atom stereocenters. The molecule has 0 aromatic rings. The van der Waals surface area contributed by atoms with Gasteiger partial charge in [-0.1, -0.05) is 0 Å². The van der Waals surface area contributed by atoms with Crippen LogP contribution in [-0.4, -0.2) is 73.7 Å². The van der Waals surface area contributed by atoms with Crippen molar-refractivity contribution in [1.29, 1.82) is 0 Å². The molecule has 0 aromatic heterocycles. The van der Waals surface area contributed by atoms with Crippen molar-refractivity contribution in [3.05, 3.63) is 0 Å². The Morgan fingerprint density at radius 2 is 1.69 bits per heavy atom. The Morgan fingerprint density at radius 1 is 1.06 bits per heavy atom. The van der Waals surface area contributed by atoms with Crippen LogP contribution in [-0.2, 0) is 9.63 Å². The van der Waals surface area contributed by atoms with Crippen molar-refractivity contribution < 1.29 is 9.63 Å². The van der Waals surface area contributed by atoms with E-state index < -0.39 is 0 Å². The van der Waals surface area contributed by atoms with Crippen LogP contribution in [0.1, 0.15) is 12.8 Å². The molecule has 2 fully saturated rings. The summed E-state index contributed by atoms with van der Waals surface area (Å²) in [5, 5.41) is 1.94. The number of hydrogen-bond acceptors (Lipinski definition) is 4. The van der Waals surface area contributed by atoms with Crippen LogP contribution >= 0.6 is 0 Å². The van der Waals surface area contributed by atoms with Gasteiger partial charge in [0.1, 0.15) is 0 Å². The number of carbonyl (C=O) groups is 1. The molecule has 5 nitrogen and oxygen atoms in total. The Balaban J connectivity index is 1.71. The summed E-state index contributed by atoms with van der Waals surface area (Å²) in [6.07, 6.45) is 2.34. The number of hydroxylamine groups is 2. The van der Waals surface area contributed by atoms with Crippen molar-refractivity contribution in [2.75, 3.05) is 52.9 Å². The Bertz CT molecular complexity index is 233. The average Bonchev–Trinajstić information content (AvgIpc) is 2.83. The first kappa shape index (κ1) is 11.8. The molecule has 16 heavy (non-hydrogen) atoms. The van der Waals surface area contributed by atoms with Crippen molar-refractivity contribution in [3.8, 4) is 0 Å². The van der Waals surface area contributed by atoms with Crippen LogP contribution in [0.3, 0.4) is 0 Å². The highest BCUT2D eigenvalue weighted by atomic mass is 16.7. The van der Waals surface area contributed by atoms with Gasteiger partial charge in [-0.15, -0.1) is 0 Å². The van der Waals surface area contributed by atoms with Crippen molar-refractivity contribution in [3.63, 3.8) is 0 Å². The fourth-order valence-electron chi connectivity index (χ4n) is 2.33. The second-order valence-corrected chi connectivity index (χ2v) is 4.48. The van der Waals surface area contributed by atoms with Gasteiger partial charge in [0.25, 0.3) is 0 Å². The van der Waals surface area contributed by atoms with Gasteiger partial charge in [0, 0.05) is 39.3 Å². The molecule has 2 aliphatic heterocycles. The largest absolute Gasteiger partial charge is 0.342 e. The highest BCUT2D eigenvalue weighted by molar-refractivity contribution is 5.78. The zero-order valence-electron chi connectivity index (χ0n) is 10.0. The van der Waals surface area contributed by atoms with Gasteiger partial charge >= 0.3 is 0 Å². The zero-order valence-corrected chi connectivity index (χ0v) is 10.0. The van der Waals surface area contributed by atoms with Crippen molar-refractivity contribution in [2.24, 2.45) is 0 Å². The van der Waals surface area contributed by atoms with E-state index in [1.54, 1.807) is 7.11 Å². The van der Waals surface area contributed by atoms with Gasteiger partial charge in [-0.25, -0.2) is 0 Å². The van der Waals surface area contributed by atoms with E-state index in [9.17, 15) is 4.79 Å². The van der Waals surface area contributed by atoms with Gasteiger partial charge in [-0.3, -0.25) is 9.69 Å². The van der Waals surface area contributed by atoms with Gasteiger partial charge < -0.3 is 9.74 Å². The topological polar surface area (TPSA) is 36.0 Å². The molecule has 0 aliphatic carbocycles. The fraction of sp³-hybridized carbons (Fsp3) is 0.909. The van der Waals surface area contributed by atoms with Crippen LogP contribution in [0.25, 0.3) is 0 Å². The summed E-state index contributed by atoms with van der Waals surface area (Å²) in [6, 6.07) is 0. The standard InChI is InChI=1S/C11H21N3O2/c1-16-14-8-6-12(7-9-14)10-11(15)13-4-2-3-5-13/h2-10H2,1H3. The van der Waals surface area contributed by atoms with Crippen LogP contribution in [0, 0.1) is 0 Å². The summed E-state index contributed by atoms with van der Waals surface area (Å²) >= 11 is 0. The van der Waals surface area contributed by atoms with E-state index >= 15 is 0 Å². The molecule has 92 valence electrons. The number of piperazine rings is 1. The smallest absolute Gasteiger partial charge is 0.236 e. The Kier molecular flexibility index (Phi) is 4.15. The number of carbonyl (C=O) groups excluding carboxylic acids is 1. The summed E-state index contributed by atoms with van der Waals surface area (Å²) < 4.78 is 0. The second-order valence-electron chi connectivity index (χ2n) is 4.48. The summed E-state index contributed by atoms with van der Waals surface area (Å²) in [5.41, 5.74) is 0. The Hall–Kier alpha value is -0.650. The minimum absolute atomic E-state index is 0.295. The zero-order chi connectivity index (χ0) is 11.4. The third kappa shape index (κ3) is 2.93. The van der Waals surface area contributed by atoms with E-state index in [-0.39, 0.29) is 0 Å². The summed E-state index contributed by atoms with van der Waals surface area (Å²) in [6.45, 7) is 6.12. The maximum Gasteiger partial charge on any atom is 0.236 e. The van der Waals surface area contributed by atoms with E-state index in [0.717, 1.165) is 39.3 Å². The molecule has 1 amide bonds. The van der Waals surface area contributed by atoms with Gasteiger partial charge in [0.2, 0.25) is 5.91 Å². The number of rotatable bonds is 3. The molecule has 2 aliphatic rings. The molecular weight excluding hydrogens is 206 g/mol. The summed E-state index contributed by atoms with van der Waals surface area (Å²) in [7, 11) is 1.70. The molecule has 0 aromatic carbocycles. The number of hydrogen-bond donors (Lipinski definition) is 0. The predicted molar refractivity (Wildman–Crippen MR) is 60.8 cm³/mol. The van der Waals surface area contributed by atoms with Crippen LogP contribution in [0.4, 0.5) is 0 Å². The van der Waals surface area contributed by atoms with Gasteiger partial charge in [0.05, 0.1) is 13.7 Å². The monoisotopic (exact) mass is 227 g/mol. The van der Waals surface area contributed by atoms with E-state index in [1.165, 1.54) is 12.8 Å². The van der Waals surface area contributed by atoms with E-state index in [4.69, 9.17) is 4.84 Å². The third-order valence-electron chi connectivity index (χ3n) is 3.41. The van der Waals surface area contributed by atoms with Gasteiger partial charge in [-0.2, -0.15) is 5.06 Å². The fourth-order valence-corrected chi connectivity index (χ4v) is 2.33. The first-order chi connectivity index (χ1) is 7.79. The van der Waals surface area contributed by atoms with Crippen molar-refractivity contribution in [2.45, 2.75) is 12.8 Å². The van der Waals surface area contributed by atoms with Crippen molar-refractivity contribution >= 4 is 5.91 Å². The Morgan fingerprint density at radius 3 is 2.25 bits per heavy atom. The average molecular weight is 227 g/mol. The first-order valence-corrected chi connectivity index (χ1v) is 6.09. The summed E-state index contributed by atoms with van der Waals surface area (Å²) in [4.78, 5) is 21.3. The lowest BCUT2D eigenvalue weighted by atomic mass is 10.3. The molecule has 5 heteroatoms. The minimum Gasteiger partial charge on any atom is -0.342 e. The van der Waals surface area contributed by atoms with Crippen molar-refractivity contribution in [1.82, 2.24) is 14.9 Å². The molecule has 0 saturated carbocycles. The third-order valence-corrected chi connectivity index (χ3v) is 3.41. The lowest BCUT2D eigenvalue weighted by Gasteiger charge is -2.33. The lowest BCUT2D eigenvalue weighted by molar-refractivity contribution is -0.155.